The molecule has 0 fully saturated rings. The molecule has 0 saturated heterocycles. The molecule has 0 radical (unpaired) electrons. The minimum Gasteiger partial charge on any atom is -0.352 e. The summed E-state index contributed by atoms with van der Waals surface area (Å²) in [5, 5.41) is 23.1. The topological polar surface area (TPSA) is 131 Å². The second-order valence-electron chi connectivity index (χ2n) is 8.96. The molecule has 4 aromatic rings. The van der Waals surface area contributed by atoms with Gasteiger partial charge in [-0.25, -0.2) is 9.67 Å². The summed E-state index contributed by atoms with van der Waals surface area (Å²) in [6.07, 6.45) is -4.51. The van der Waals surface area contributed by atoms with Gasteiger partial charge in [-0.15, -0.1) is 0 Å². The van der Waals surface area contributed by atoms with Crippen LogP contribution in [0.3, 0.4) is 0 Å². The number of nitrogens with zero attached hydrogens (tertiary/aromatic N) is 7. The number of rotatable bonds is 9. The number of carbonyl (C=O) groups is 2. The zero-order valence-corrected chi connectivity index (χ0v) is 22.6. The Bertz CT molecular complexity index is 1710. The molecule has 218 valence electrons. The molecule has 0 aliphatic carbocycles. The van der Waals surface area contributed by atoms with Crippen LogP contribution in [0.1, 0.15) is 55.8 Å². The van der Waals surface area contributed by atoms with Crippen LogP contribution >= 0.6 is 11.6 Å². The lowest BCUT2D eigenvalue weighted by atomic mass is 9.93. The van der Waals surface area contributed by atoms with Crippen molar-refractivity contribution >= 4 is 23.3 Å². The first-order valence-electron chi connectivity index (χ1n) is 12.2. The largest absolute Gasteiger partial charge is 0.459 e. The van der Waals surface area contributed by atoms with Crippen molar-refractivity contribution in [1.82, 2.24) is 35.1 Å². The van der Waals surface area contributed by atoms with Crippen LogP contribution in [0.25, 0.3) is 5.82 Å². The number of nitrogens with one attached hydrogen (secondary N) is 1. The van der Waals surface area contributed by atoms with E-state index >= 15 is 0 Å². The number of benzene rings is 1. The van der Waals surface area contributed by atoms with Gasteiger partial charge in [0.1, 0.15) is 12.2 Å². The number of nitriles is 1. The van der Waals surface area contributed by atoms with E-state index in [-0.39, 0.29) is 39.8 Å². The van der Waals surface area contributed by atoms with Gasteiger partial charge in [0, 0.05) is 24.7 Å². The Morgan fingerprint density at radius 3 is 2.52 bits per heavy atom. The molecule has 3 aromatic heterocycles. The molecule has 0 aliphatic rings. The first-order valence-corrected chi connectivity index (χ1v) is 12.5. The van der Waals surface area contributed by atoms with Crippen molar-refractivity contribution in [3.63, 3.8) is 0 Å². The number of ketones is 1. The van der Waals surface area contributed by atoms with Crippen LogP contribution in [0.4, 0.5) is 22.0 Å². The lowest BCUT2D eigenvalue weighted by molar-refractivity contribution is -0.291. The molecule has 0 bridgehead atoms. The third-order valence-corrected chi connectivity index (χ3v) is 6.32. The van der Waals surface area contributed by atoms with Gasteiger partial charge in [-0.05, 0) is 55.3 Å². The van der Waals surface area contributed by atoms with Gasteiger partial charge in [0.25, 0.3) is 5.91 Å². The normalized spacial score (nSPS) is 11.8. The number of alkyl halides is 5. The summed E-state index contributed by atoms with van der Waals surface area (Å²) in [4.78, 5) is 31.2. The van der Waals surface area contributed by atoms with Crippen LogP contribution < -0.4 is 5.32 Å². The van der Waals surface area contributed by atoms with Gasteiger partial charge in [-0.3, -0.25) is 9.59 Å². The maximum atomic E-state index is 13.7. The standard InChI is InChI=1S/C26H20ClF5N8O2/c1-3-34-24(42)18-8-15(11-33)7-14(2)17(18)10-21(41)20-9-16(37-40(20)23-19(27)5-4-6-35-23)13-39-36-12-22(38-39)25(28,29)26(30,31)32/h4-9,12H,3,10,13H2,1-2H3,(H,34,42). The van der Waals surface area contributed by atoms with Gasteiger partial charge in [0.2, 0.25) is 0 Å². The molecule has 0 spiro atoms. The highest BCUT2D eigenvalue weighted by atomic mass is 35.5. The van der Waals surface area contributed by atoms with E-state index in [1.807, 2.05) is 6.07 Å². The van der Waals surface area contributed by atoms with E-state index in [0.717, 1.165) is 4.68 Å². The summed E-state index contributed by atoms with van der Waals surface area (Å²) < 4.78 is 66.8. The number of hydrogen-bond donors (Lipinski definition) is 1. The van der Waals surface area contributed by atoms with E-state index in [9.17, 15) is 36.8 Å². The predicted molar refractivity (Wildman–Crippen MR) is 137 cm³/mol. The highest BCUT2D eigenvalue weighted by molar-refractivity contribution is 6.32. The number of amides is 1. The second-order valence-corrected chi connectivity index (χ2v) is 9.37. The van der Waals surface area contributed by atoms with E-state index in [1.54, 1.807) is 13.8 Å². The van der Waals surface area contributed by atoms with Crippen LogP contribution in [0, 0.1) is 18.3 Å². The molecule has 10 nitrogen and oxygen atoms in total. The molecule has 0 unspecified atom stereocenters. The summed E-state index contributed by atoms with van der Waals surface area (Å²) in [7, 11) is 0. The Balaban J connectivity index is 1.75. The van der Waals surface area contributed by atoms with Crippen molar-refractivity contribution < 1.29 is 31.5 Å². The fourth-order valence-corrected chi connectivity index (χ4v) is 4.24. The summed E-state index contributed by atoms with van der Waals surface area (Å²) >= 11 is 6.28. The smallest absolute Gasteiger partial charge is 0.352 e. The predicted octanol–water partition coefficient (Wildman–Crippen LogP) is 4.57. The summed E-state index contributed by atoms with van der Waals surface area (Å²) in [5.41, 5.74) is -0.471. The fourth-order valence-electron chi connectivity index (χ4n) is 4.03. The molecule has 0 atom stereocenters. The number of halogens is 6. The van der Waals surface area contributed by atoms with Gasteiger partial charge in [0.15, 0.2) is 17.3 Å². The Kier molecular flexibility index (Phi) is 8.39. The number of carbonyl (C=O) groups excluding carboxylic acids is 2. The van der Waals surface area contributed by atoms with E-state index in [4.69, 9.17) is 11.6 Å². The van der Waals surface area contributed by atoms with Crippen LogP contribution in [-0.4, -0.2) is 54.2 Å². The van der Waals surface area contributed by atoms with Gasteiger partial charge < -0.3 is 5.32 Å². The average molecular weight is 607 g/mol. The number of pyridine rings is 1. The van der Waals surface area contributed by atoms with Crippen molar-refractivity contribution in [3.8, 4) is 11.9 Å². The molecular weight excluding hydrogens is 587 g/mol. The molecular formula is C26H20ClF5N8O2. The Morgan fingerprint density at radius 1 is 1.14 bits per heavy atom. The zero-order chi connectivity index (χ0) is 30.8. The van der Waals surface area contributed by atoms with Crippen molar-refractivity contribution in [2.24, 2.45) is 0 Å². The first-order chi connectivity index (χ1) is 19.8. The van der Waals surface area contributed by atoms with Crippen molar-refractivity contribution in [3.05, 3.63) is 87.1 Å². The highest BCUT2D eigenvalue weighted by Crippen LogP contribution is 2.42. The molecule has 16 heteroatoms. The summed E-state index contributed by atoms with van der Waals surface area (Å²) in [5.74, 6) is -6.24. The van der Waals surface area contributed by atoms with Gasteiger partial charge in [-0.1, -0.05) is 11.6 Å². The SMILES string of the molecule is CCNC(=O)c1cc(C#N)cc(C)c1CC(=O)c1cc(Cn2ncc(C(F)(F)C(F)(F)F)n2)nn1-c1ncccc1Cl. The van der Waals surface area contributed by atoms with Gasteiger partial charge in [0.05, 0.1) is 28.5 Å². The highest BCUT2D eigenvalue weighted by Gasteiger charge is 2.60. The Hall–Kier alpha value is -4.71. The van der Waals surface area contributed by atoms with Gasteiger partial charge in [-0.2, -0.15) is 47.3 Å². The number of Topliss-reactive ketones (excluding diaryl/α,β-unsaturated/α-hetero) is 1. The molecule has 3 heterocycles. The molecule has 0 aliphatic heterocycles. The van der Waals surface area contributed by atoms with Crippen LogP contribution in [0.2, 0.25) is 5.02 Å². The molecule has 42 heavy (non-hydrogen) atoms. The average Bonchev–Trinajstić information content (AvgIpc) is 3.57. The number of aryl methyl sites for hydroxylation is 1. The second kappa shape index (κ2) is 11.6. The fraction of sp³-hybridized carbons (Fsp3) is 0.269. The maximum absolute atomic E-state index is 13.7. The molecule has 1 N–H and O–H groups in total. The van der Waals surface area contributed by atoms with E-state index in [2.05, 4.69) is 25.6 Å². The van der Waals surface area contributed by atoms with Crippen LogP contribution in [0.5, 0.6) is 0 Å². The minimum atomic E-state index is -5.87. The van der Waals surface area contributed by atoms with Crippen molar-refractivity contribution in [2.75, 3.05) is 6.54 Å². The lowest BCUT2D eigenvalue weighted by Crippen LogP contribution is -2.34. The monoisotopic (exact) mass is 606 g/mol. The number of aromatic nitrogens is 6. The van der Waals surface area contributed by atoms with Crippen molar-refractivity contribution in [1.29, 1.82) is 5.26 Å². The zero-order valence-electron chi connectivity index (χ0n) is 21.9. The molecule has 1 aromatic carbocycles. The molecule has 1 amide bonds. The van der Waals surface area contributed by atoms with E-state index in [1.165, 1.54) is 36.5 Å². The van der Waals surface area contributed by atoms with Crippen LogP contribution in [-0.2, 0) is 18.9 Å². The third-order valence-electron chi connectivity index (χ3n) is 6.02. The molecule has 0 saturated carbocycles. The first kappa shape index (κ1) is 30.3. The summed E-state index contributed by atoms with van der Waals surface area (Å²) in [6.45, 7) is 3.17. The van der Waals surface area contributed by atoms with E-state index < -0.39 is 36.0 Å². The summed E-state index contributed by atoms with van der Waals surface area (Å²) in [6, 6.07) is 9.16. The maximum Gasteiger partial charge on any atom is 0.459 e. The third kappa shape index (κ3) is 5.98. The van der Waals surface area contributed by atoms with Crippen LogP contribution in [0.15, 0.2) is 42.7 Å². The Morgan fingerprint density at radius 2 is 1.88 bits per heavy atom. The number of hydrogen-bond acceptors (Lipinski definition) is 7. The minimum absolute atomic E-state index is 0.0121. The lowest BCUT2D eigenvalue weighted by Gasteiger charge is -2.16. The Labute approximate surface area is 239 Å². The quantitative estimate of drug-likeness (QED) is 0.218. The van der Waals surface area contributed by atoms with E-state index in [0.29, 0.717) is 28.7 Å². The molecule has 4 rings (SSSR count). The van der Waals surface area contributed by atoms with Gasteiger partial charge >= 0.3 is 12.1 Å². The van der Waals surface area contributed by atoms with Crippen molar-refractivity contribution in [2.45, 2.75) is 38.9 Å².